The van der Waals surface area contributed by atoms with Crippen LogP contribution in [-0.2, 0) is 20.2 Å². The van der Waals surface area contributed by atoms with E-state index in [2.05, 4.69) is 31.3 Å². The Labute approximate surface area is 210 Å². The fourth-order valence-electron chi connectivity index (χ4n) is 3.38. The van der Waals surface area contributed by atoms with Crippen LogP contribution in [-0.4, -0.2) is 31.5 Å². The first kappa shape index (κ1) is 26.6. The third-order valence-corrected chi connectivity index (χ3v) is 7.25. The lowest BCUT2D eigenvalue weighted by molar-refractivity contribution is -0.384. The smallest absolute Gasteiger partial charge is 0.271 e. The van der Waals surface area contributed by atoms with Crippen LogP contribution in [0.25, 0.3) is 0 Å². The Morgan fingerprint density at radius 2 is 1.64 bits per heavy atom. The molecule has 0 saturated carbocycles. The number of nitrogens with zero attached hydrogens (tertiary/aromatic N) is 3. The molecule has 0 bridgehead atoms. The predicted molar refractivity (Wildman–Crippen MR) is 140 cm³/mol. The molecule has 0 aliphatic heterocycles. The molecule has 9 nitrogen and oxygen atoms in total. The van der Waals surface area contributed by atoms with Gasteiger partial charge in [0.15, 0.2) is 0 Å². The summed E-state index contributed by atoms with van der Waals surface area (Å²) in [6, 6.07) is 20.5. The number of non-ortho nitro benzene ring substituents is 1. The highest BCUT2D eigenvalue weighted by atomic mass is 32.2. The molecule has 0 saturated heterocycles. The van der Waals surface area contributed by atoms with Crippen LogP contribution in [0.5, 0.6) is 0 Å². The summed E-state index contributed by atoms with van der Waals surface area (Å²) in [6.07, 6.45) is 0. The van der Waals surface area contributed by atoms with Gasteiger partial charge in [0.1, 0.15) is 6.54 Å². The van der Waals surface area contributed by atoms with Crippen LogP contribution in [0.1, 0.15) is 38.8 Å². The molecule has 0 spiro atoms. The SMILES string of the molecule is CC(=NNC(=O)CN(c1cccc([N+](=O)[O-])c1)S(=O)(=O)c1ccccc1)c1ccc(C(C)(C)C)cc1. The second-order valence-corrected chi connectivity index (χ2v) is 11.0. The number of sulfonamides is 1. The quantitative estimate of drug-likeness (QED) is 0.270. The van der Waals surface area contributed by atoms with E-state index in [1.54, 1.807) is 25.1 Å². The normalized spacial score (nSPS) is 12.2. The second kappa shape index (κ2) is 10.7. The van der Waals surface area contributed by atoms with E-state index < -0.39 is 27.4 Å². The van der Waals surface area contributed by atoms with Gasteiger partial charge in [0.25, 0.3) is 21.6 Å². The van der Waals surface area contributed by atoms with Crippen molar-refractivity contribution in [2.24, 2.45) is 5.10 Å². The Bertz CT molecular complexity index is 1380. The van der Waals surface area contributed by atoms with E-state index in [1.165, 1.54) is 30.3 Å². The highest BCUT2D eigenvalue weighted by Crippen LogP contribution is 2.27. The lowest BCUT2D eigenvalue weighted by Crippen LogP contribution is -2.39. The molecular formula is C26H28N4O5S. The minimum absolute atomic E-state index is 0.00198. The molecule has 1 amide bonds. The molecule has 0 aliphatic rings. The van der Waals surface area contributed by atoms with Gasteiger partial charge in [-0.2, -0.15) is 5.10 Å². The van der Waals surface area contributed by atoms with Crippen molar-refractivity contribution < 1.29 is 18.1 Å². The zero-order valence-corrected chi connectivity index (χ0v) is 21.3. The van der Waals surface area contributed by atoms with Crippen molar-refractivity contribution in [1.82, 2.24) is 5.43 Å². The number of hydrogen-bond donors (Lipinski definition) is 1. The van der Waals surface area contributed by atoms with Crippen LogP contribution in [0.3, 0.4) is 0 Å². The van der Waals surface area contributed by atoms with Gasteiger partial charge >= 0.3 is 0 Å². The lowest BCUT2D eigenvalue weighted by Gasteiger charge is -2.23. The van der Waals surface area contributed by atoms with E-state index in [0.29, 0.717) is 5.71 Å². The van der Waals surface area contributed by atoms with Gasteiger partial charge in [-0.3, -0.25) is 19.2 Å². The van der Waals surface area contributed by atoms with Gasteiger partial charge in [-0.15, -0.1) is 0 Å². The van der Waals surface area contributed by atoms with Crippen molar-refractivity contribution in [3.8, 4) is 0 Å². The average molecular weight is 509 g/mol. The van der Waals surface area contributed by atoms with Crippen LogP contribution < -0.4 is 9.73 Å². The Morgan fingerprint density at radius 3 is 2.22 bits per heavy atom. The number of carbonyl (C=O) groups excluding carboxylic acids is 1. The molecule has 0 aliphatic carbocycles. The number of hydrazone groups is 1. The van der Waals surface area contributed by atoms with Gasteiger partial charge in [0.05, 0.1) is 21.2 Å². The van der Waals surface area contributed by atoms with Crippen molar-refractivity contribution in [3.63, 3.8) is 0 Å². The first-order valence-corrected chi connectivity index (χ1v) is 12.6. The van der Waals surface area contributed by atoms with Crippen LogP contribution >= 0.6 is 0 Å². The van der Waals surface area contributed by atoms with Gasteiger partial charge in [-0.1, -0.05) is 69.3 Å². The topological polar surface area (TPSA) is 122 Å². The molecule has 0 radical (unpaired) electrons. The highest BCUT2D eigenvalue weighted by Gasteiger charge is 2.28. The first-order chi connectivity index (χ1) is 16.9. The second-order valence-electron chi connectivity index (χ2n) is 9.16. The van der Waals surface area contributed by atoms with Crippen molar-refractivity contribution in [2.45, 2.75) is 38.0 Å². The molecule has 0 heterocycles. The van der Waals surface area contributed by atoms with E-state index in [1.807, 2.05) is 24.3 Å². The van der Waals surface area contributed by atoms with Crippen molar-refractivity contribution in [1.29, 1.82) is 0 Å². The monoisotopic (exact) mass is 508 g/mol. The zero-order valence-electron chi connectivity index (χ0n) is 20.5. The van der Waals surface area contributed by atoms with Crippen molar-refractivity contribution >= 4 is 33.0 Å². The number of hydrogen-bond acceptors (Lipinski definition) is 6. The number of rotatable bonds is 8. The summed E-state index contributed by atoms with van der Waals surface area (Å²) in [4.78, 5) is 23.4. The minimum atomic E-state index is -4.20. The summed E-state index contributed by atoms with van der Waals surface area (Å²) in [6.45, 7) is 7.43. The summed E-state index contributed by atoms with van der Waals surface area (Å²) in [5.41, 5.74) is 4.58. The van der Waals surface area contributed by atoms with E-state index >= 15 is 0 Å². The third-order valence-electron chi connectivity index (χ3n) is 5.46. The van der Waals surface area contributed by atoms with Gasteiger partial charge in [-0.25, -0.2) is 13.8 Å². The molecule has 3 aromatic rings. The lowest BCUT2D eigenvalue weighted by atomic mass is 9.86. The molecule has 36 heavy (non-hydrogen) atoms. The van der Waals surface area contributed by atoms with E-state index in [4.69, 9.17) is 0 Å². The molecule has 0 unspecified atom stereocenters. The first-order valence-electron chi connectivity index (χ1n) is 11.2. The number of anilines is 1. The predicted octanol–water partition coefficient (Wildman–Crippen LogP) is 4.63. The number of nitrogens with one attached hydrogen (secondary N) is 1. The van der Waals surface area contributed by atoms with Gasteiger partial charge < -0.3 is 0 Å². The number of carbonyl (C=O) groups is 1. The molecule has 10 heteroatoms. The van der Waals surface area contributed by atoms with Gasteiger partial charge in [0.2, 0.25) is 0 Å². The zero-order chi connectivity index (χ0) is 26.5. The van der Waals surface area contributed by atoms with E-state index in [0.717, 1.165) is 21.5 Å². The van der Waals surface area contributed by atoms with Crippen LogP contribution in [0.4, 0.5) is 11.4 Å². The average Bonchev–Trinajstić information content (AvgIpc) is 2.85. The van der Waals surface area contributed by atoms with Crippen molar-refractivity contribution in [3.05, 3.63) is 100 Å². The van der Waals surface area contributed by atoms with Crippen LogP contribution in [0.2, 0.25) is 0 Å². The molecule has 0 atom stereocenters. The number of nitro benzene ring substituents is 1. The summed E-state index contributed by atoms with van der Waals surface area (Å²) in [5, 5.41) is 15.4. The summed E-state index contributed by atoms with van der Waals surface area (Å²) in [7, 11) is -4.20. The molecule has 0 aromatic heterocycles. The highest BCUT2D eigenvalue weighted by molar-refractivity contribution is 7.92. The Hall–Kier alpha value is -4.05. The number of amides is 1. The Kier molecular flexibility index (Phi) is 7.89. The molecule has 3 rings (SSSR count). The maximum absolute atomic E-state index is 13.4. The van der Waals surface area contributed by atoms with Crippen LogP contribution in [0.15, 0.2) is 88.9 Å². The largest absolute Gasteiger partial charge is 0.271 e. The van der Waals surface area contributed by atoms with Gasteiger partial charge in [0, 0.05) is 12.1 Å². The maximum Gasteiger partial charge on any atom is 0.271 e. The molecule has 1 N–H and O–H groups in total. The Balaban J connectivity index is 1.87. The summed E-state index contributed by atoms with van der Waals surface area (Å²) >= 11 is 0. The standard InChI is InChI=1S/C26H28N4O5S/c1-19(20-13-15-21(16-14-20)26(2,3)4)27-28-25(31)18-29(22-9-8-10-23(17-22)30(32)33)36(34,35)24-11-6-5-7-12-24/h5-17H,18H2,1-4H3,(H,28,31). The van der Waals surface area contributed by atoms with E-state index in [9.17, 15) is 23.3 Å². The fraction of sp³-hybridized carbons (Fsp3) is 0.231. The van der Waals surface area contributed by atoms with Crippen LogP contribution in [0, 0.1) is 10.1 Å². The maximum atomic E-state index is 13.4. The minimum Gasteiger partial charge on any atom is -0.271 e. The molecular weight excluding hydrogens is 480 g/mol. The van der Waals surface area contributed by atoms with E-state index in [-0.39, 0.29) is 21.7 Å². The fourth-order valence-corrected chi connectivity index (χ4v) is 4.82. The third kappa shape index (κ3) is 6.33. The Morgan fingerprint density at radius 1 is 1.00 bits per heavy atom. The molecule has 188 valence electrons. The van der Waals surface area contributed by atoms with Gasteiger partial charge in [-0.05, 0) is 41.7 Å². The molecule has 0 fully saturated rings. The van der Waals surface area contributed by atoms with Crippen molar-refractivity contribution in [2.75, 3.05) is 10.8 Å². The number of benzene rings is 3. The molecule has 3 aromatic carbocycles. The number of nitro groups is 1. The summed E-state index contributed by atoms with van der Waals surface area (Å²) in [5.74, 6) is -0.702. The summed E-state index contributed by atoms with van der Waals surface area (Å²) < 4.78 is 27.6.